The molecule has 0 saturated carbocycles. The van der Waals surface area contributed by atoms with Crippen LogP contribution in [-0.2, 0) is 0 Å². The van der Waals surface area contributed by atoms with Crippen LogP contribution in [-0.4, -0.2) is 23.3 Å². The number of nitrogens with one attached hydrogen (secondary N) is 1. The molecule has 0 aromatic rings. The molecular formula is C9H18N4S. The molecule has 0 aromatic heterocycles. The number of nitrogens with two attached hydrogens (primary N) is 1. The van der Waals surface area contributed by atoms with Gasteiger partial charge in [0.1, 0.15) is 6.34 Å². The molecule has 0 aliphatic heterocycles. The summed E-state index contributed by atoms with van der Waals surface area (Å²) in [5.41, 5.74) is 3.45. The summed E-state index contributed by atoms with van der Waals surface area (Å²) >= 11 is 1.55. The van der Waals surface area contributed by atoms with Gasteiger partial charge in [-0.2, -0.15) is 0 Å². The monoisotopic (exact) mass is 214 g/mol. The summed E-state index contributed by atoms with van der Waals surface area (Å²) in [6, 6.07) is 0.234. The minimum atomic E-state index is 0.234. The molecule has 0 atom stereocenters. The number of aliphatic imine (C=N–C) groups is 2. The van der Waals surface area contributed by atoms with E-state index in [1.165, 1.54) is 6.34 Å². The van der Waals surface area contributed by atoms with E-state index in [1.54, 1.807) is 11.8 Å². The highest BCUT2D eigenvalue weighted by Gasteiger charge is 1.99. The van der Waals surface area contributed by atoms with Crippen LogP contribution in [0.4, 0.5) is 0 Å². The maximum absolute atomic E-state index is 5.08. The van der Waals surface area contributed by atoms with Gasteiger partial charge < -0.3 is 5.43 Å². The summed E-state index contributed by atoms with van der Waals surface area (Å²) in [6.45, 7) is 9.81. The van der Waals surface area contributed by atoms with E-state index >= 15 is 0 Å². The molecule has 0 rings (SSSR count). The Balaban J connectivity index is 4.25. The Morgan fingerprint density at radius 1 is 1.64 bits per heavy atom. The molecule has 3 N–H and O–H groups in total. The molecule has 0 heterocycles. The van der Waals surface area contributed by atoms with Crippen molar-refractivity contribution in [3.8, 4) is 0 Å². The zero-order valence-electron chi connectivity index (χ0n) is 8.95. The highest BCUT2D eigenvalue weighted by Crippen LogP contribution is 2.10. The fourth-order valence-corrected chi connectivity index (χ4v) is 1.40. The summed E-state index contributed by atoms with van der Waals surface area (Å²) < 4.78 is 0. The topological polar surface area (TPSA) is 62.8 Å². The molecule has 0 aromatic carbocycles. The number of amidine groups is 1. The van der Waals surface area contributed by atoms with Crippen molar-refractivity contribution in [2.45, 2.75) is 26.8 Å². The van der Waals surface area contributed by atoms with E-state index in [9.17, 15) is 0 Å². The van der Waals surface area contributed by atoms with Gasteiger partial charge in [0.2, 0.25) is 0 Å². The van der Waals surface area contributed by atoms with Crippen molar-refractivity contribution in [3.63, 3.8) is 0 Å². The van der Waals surface area contributed by atoms with Crippen LogP contribution in [0.15, 0.2) is 22.1 Å². The molecule has 0 aliphatic rings. The summed E-state index contributed by atoms with van der Waals surface area (Å²) in [6.07, 6.45) is 1.42. The smallest absolute Gasteiger partial charge is 0.184 e. The Morgan fingerprint density at radius 3 is 2.71 bits per heavy atom. The van der Waals surface area contributed by atoms with E-state index < -0.39 is 0 Å². The maximum Gasteiger partial charge on any atom is 0.184 e. The molecule has 14 heavy (non-hydrogen) atoms. The van der Waals surface area contributed by atoms with Crippen LogP contribution in [0, 0.1) is 0 Å². The predicted molar refractivity (Wildman–Crippen MR) is 65.7 cm³/mol. The van der Waals surface area contributed by atoms with Crippen molar-refractivity contribution >= 4 is 23.3 Å². The lowest BCUT2D eigenvalue weighted by Gasteiger charge is -2.02. The fraction of sp³-hybridized carbons (Fsp3) is 0.556. The highest BCUT2D eigenvalue weighted by molar-refractivity contribution is 8.14. The van der Waals surface area contributed by atoms with Crippen LogP contribution in [0.2, 0.25) is 0 Å². The van der Waals surface area contributed by atoms with Gasteiger partial charge in [-0.3, -0.25) is 4.99 Å². The largest absolute Gasteiger partial charge is 0.315 e. The maximum atomic E-state index is 5.08. The van der Waals surface area contributed by atoms with Crippen LogP contribution >= 0.6 is 11.8 Å². The van der Waals surface area contributed by atoms with Crippen molar-refractivity contribution < 1.29 is 0 Å². The second kappa shape index (κ2) is 7.58. The fourth-order valence-electron chi connectivity index (χ4n) is 0.609. The third kappa shape index (κ3) is 7.82. The molecule has 0 fully saturated rings. The van der Waals surface area contributed by atoms with E-state index in [1.807, 2.05) is 20.8 Å². The van der Waals surface area contributed by atoms with Crippen LogP contribution < -0.4 is 11.3 Å². The second-order valence-electron chi connectivity index (χ2n) is 3.18. The van der Waals surface area contributed by atoms with Gasteiger partial charge in [0.15, 0.2) is 5.17 Å². The van der Waals surface area contributed by atoms with Crippen molar-refractivity contribution in [2.24, 2.45) is 15.8 Å². The molecular weight excluding hydrogens is 196 g/mol. The van der Waals surface area contributed by atoms with Gasteiger partial charge in [0.05, 0.1) is 0 Å². The lowest BCUT2D eigenvalue weighted by molar-refractivity contribution is 0.837. The van der Waals surface area contributed by atoms with Gasteiger partial charge in [-0.1, -0.05) is 23.9 Å². The Labute approximate surface area is 89.7 Å². The number of rotatable bonds is 4. The minimum absolute atomic E-state index is 0.234. The van der Waals surface area contributed by atoms with E-state index in [0.717, 1.165) is 16.5 Å². The van der Waals surface area contributed by atoms with Gasteiger partial charge in [-0.05, 0) is 20.8 Å². The zero-order valence-corrected chi connectivity index (χ0v) is 9.77. The lowest BCUT2D eigenvalue weighted by Crippen LogP contribution is -2.19. The quantitative estimate of drug-likeness (QED) is 0.245. The SMILES string of the molecule is C=C(C)CSC(=NC(C)C)/N=C/NN. The molecule has 0 radical (unpaired) electrons. The number of hydrogen-bond donors (Lipinski definition) is 2. The molecule has 0 unspecified atom stereocenters. The summed E-state index contributed by atoms with van der Waals surface area (Å²) in [7, 11) is 0. The van der Waals surface area contributed by atoms with Crippen molar-refractivity contribution in [1.82, 2.24) is 5.43 Å². The molecule has 4 nitrogen and oxygen atoms in total. The van der Waals surface area contributed by atoms with Crippen LogP contribution in [0.5, 0.6) is 0 Å². The average Bonchev–Trinajstić information content (AvgIpc) is 2.09. The number of hydrogen-bond acceptors (Lipinski definition) is 3. The molecule has 0 aliphatic carbocycles. The third-order valence-electron chi connectivity index (χ3n) is 1.07. The first kappa shape index (κ1) is 13.2. The van der Waals surface area contributed by atoms with Gasteiger partial charge >= 0.3 is 0 Å². The summed E-state index contributed by atoms with van der Waals surface area (Å²) in [5, 5.41) is 0.723. The molecule has 0 bridgehead atoms. The second-order valence-corrected chi connectivity index (χ2v) is 4.12. The predicted octanol–water partition coefficient (Wildman–Crippen LogP) is 1.55. The van der Waals surface area contributed by atoms with Gasteiger partial charge in [0, 0.05) is 11.8 Å². The first-order valence-corrected chi connectivity index (χ1v) is 5.38. The molecule has 80 valence electrons. The first-order valence-electron chi connectivity index (χ1n) is 4.40. The molecule has 0 saturated heterocycles. The summed E-state index contributed by atoms with van der Waals surface area (Å²) in [4.78, 5) is 8.40. The highest BCUT2D eigenvalue weighted by atomic mass is 32.2. The standard InChI is InChI=1S/C9H18N4S/c1-7(2)5-14-9(11-6-12-10)13-8(3)4/h6,8H,1,5,10H2,2-4H3,(H,11,12,13). The third-order valence-corrected chi connectivity index (χ3v) is 2.17. The zero-order chi connectivity index (χ0) is 11.0. The van der Waals surface area contributed by atoms with E-state index in [2.05, 4.69) is 22.0 Å². The average molecular weight is 214 g/mol. The van der Waals surface area contributed by atoms with Crippen LogP contribution in [0.3, 0.4) is 0 Å². The lowest BCUT2D eigenvalue weighted by atomic mass is 10.4. The van der Waals surface area contributed by atoms with Crippen molar-refractivity contribution in [3.05, 3.63) is 12.2 Å². The molecule has 0 amide bonds. The van der Waals surface area contributed by atoms with Gasteiger partial charge in [-0.25, -0.2) is 10.8 Å². The van der Waals surface area contributed by atoms with E-state index in [-0.39, 0.29) is 6.04 Å². The van der Waals surface area contributed by atoms with E-state index in [4.69, 9.17) is 5.84 Å². The first-order chi connectivity index (χ1) is 6.56. The van der Waals surface area contributed by atoms with Gasteiger partial charge in [0.25, 0.3) is 0 Å². The molecule has 5 heteroatoms. The Hall–Kier alpha value is -0.810. The molecule has 0 spiro atoms. The Bertz CT molecular complexity index is 233. The number of nitrogens with zero attached hydrogens (tertiary/aromatic N) is 2. The van der Waals surface area contributed by atoms with Crippen molar-refractivity contribution in [1.29, 1.82) is 0 Å². The Kier molecular flexibility index (Phi) is 7.14. The van der Waals surface area contributed by atoms with Gasteiger partial charge in [-0.15, -0.1) is 0 Å². The van der Waals surface area contributed by atoms with Crippen LogP contribution in [0.25, 0.3) is 0 Å². The number of thioether (sulfide) groups is 1. The van der Waals surface area contributed by atoms with Crippen LogP contribution in [0.1, 0.15) is 20.8 Å². The minimum Gasteiger partial charge on any atom is -0.315 e. The van der Waals surface area contributed by atoms with Crippen molar-refractivity contribution in [2.75, 3.05) is 5.75 Å². The Morgan fingerprint density at radius 2 is 2.29 bits per heavy atom. The summed E-state index contributed by atoms with van der Waals surface area (Å²) in [5.74, 6) is 5.91. The van der Waals surface area contributed by atoms with E-state index in [0.29, 0.717) is 0 Å². The number of hydrazine groups is 1. The normalized spacial score (nSPS) is 12.5.